The molecule has 1 amide bonds. The molecule has 1 unspecified atom stereocenters. The first-order chi connectivity index (χ1) is 12.6. The maximum absolute atomic E-state index is 13.6. The molecule has 1 aliphatic heterocycles. The molecule has 1 aliphatic rings. The second kappa shape index (κ2) is 7.06. The minimum Gasteiger partial charge on any atom is -0.327 e. The highest BCUT2D eigenvalue weighted by molar-refractivity contribution is 5.78. The Balaban J connectivity index is 1.65. The molecule has 0 aliphatic carbocycles. The molecule has 0 spiro atoms. The molecule has 27 heavy (non-hydrogen) atoms. The van der Waals surface area contributed by atoms with Crippen LogP contribution in [0, 0.1) is 11.6 Å². The van der Waals surface area contributed by atoms with Crippen molar-refractivity contribution < 1.29 is 26.7 Å². The first kappa shape index (κ1) is 19.0. The van der Waals surface area contributed by atoms with Crippen molar-refractivity contribution >= 4 is 12.1 Å². The summed E-state index contributed by atoms with van der Waals surface area (Å²) in [4.78, 5) is 13.5. The fourth-order valence-corrected chi connectivity index (χ4v) is 2.70. The first-order valence-corrected chi connectivity index (χ1v) is 7.83. The molecule has 6 nitrogen and oxygen atoms in total. The molecule has 2 aromatic rings. The van der Waals surface area contributed by atoms with E-state index >= 15 is 0 Å². The van der Waals surface area contributed by atoms with Crippen LogP contribution in [0.1, 0.15) is 23.6 Å². The third kappa shape index (κ3) is 4.13. The van der Waals surface area contributed by atoms with Crippen molar-refractivity contribution in [3.63, 3.8) is 0 Å². The fourth-order valence-electron chi connectivity index (χ4n) is 2.70. The van der Waals surface area contributed by atoms with E-state index in [-0.39, 0.29) is 30.8 Å². The quantitative estimate of drug-likeness (QED) is 0.817. The van der Waals surface area contributed by atoms with Gasteiger partial charge in [-0.2, -0.15) is 13.2 Å². The van der Waals surface area contributed by atoms with Crippen molar-refractivity contribution in [1.29, 1.82) is 0 Å². The van der Waals surface area contributed by atoms with Gasteiger partial charge in [0.2, 0.25) is 11.7 Å². The maximum Gasteiger partial charge on any atom is 0.452 e. The summed E-state index contributed by atoms with van der Waals surface area (Å²) in [7, 11) is 0. The lowest BCUT2D eigenvalue weighted by Crippen LogP contribution is -2.35. The monoisotopic (exact) mass is 387 g/mol. The van der Waals surface area contributed by atoms with Gasteiger partial charge in [-0.05, 0) is 30.2 Å². The number of nitrogens with two attached hydrogens (primary N) is 1. The number of carbonyl (C=O) groups is 1. The normalized spacial score (nSPS) is 15.0. The van der Waals surface area contributed by atoms with E-state index in [2.05, 4.69) is 10.2 Å². The molecule has 11 heteroatoms. The number of halogens is 5. The zero-order chi connectivity index (χ0) is 19.8. The van der Waals surface area contributed by atoms with Gasteiger partial charge >= 0.3 is 6.18 Å². The average Bonchev–Trinajstić information content (AvgIpc) is 3.01. The number of hydrogen-bond acceptors (Lipinski definition) is 4. The van der Waals surface area contributed by atoms with Crippen molar-refractivity contribution in [3.8, 4) is 0 Å². The fraction of sp³-hybridized carbons (Fsp3) is 0.312. The van der Waals surface area contributed by atoms with Gasteiger partial charge in [0, 0.05) is 24.9 Å². The van der Waals surface area contributed by atoms with Crippen LogP contribution in [0.4, 0.5) is 22.0 Å². The zero-order valence-corrected chi connectivity index (χ0v) is 13.7. The molecule has 0 fully saturated rings. The van der Waals surface area contributed by atoms with Gasteiger partial charge in [0.25, 0.3) is 0 Å². The van der Waals surface area contributed by atoms with Crippen molar-refractivity contribution in [2.45, 2.75) is 31.6 Å². The first-order valence-electron chi connectivity index (χ1n) is 7.83. The van der Waals surface area contributed by atoms with E-state index < -0.39 is 35.6 Å². The van der Waals surface area contributed by atoms with Crippen LogP contribution in [0.5, 0.6) is 0 Å². The number of rotatable bonds is 4. The Morgan fingerprint density at radius 3 is 2.67 bits per heavy atom. The van der Waals surface area contributed by atoms with Gasteiger partial charge in [0.05, 0.1) is 6.54 Å². The van der Waals surface area contributed by atoms with Gasteiger partial charge in [-0.3, -0.25) is 9.36 Å². The minimum absolute atomic E-state index is 0.0408. The summed E-state index contributed by atoms with van der Waals surface area (Å²) in [5, 5.41) is 6.54. The Labute approximate surface area is 150 Å². The summed E-state index contributed by atoms with van der Waals surface area (Å²) in [6, 6.07) is 2.14. The number of fused-ring (bicyclic) bond motifs is 1. The van der Waals surface area contributed by atoms with E-state index in [9.17, 15) is 26.7 Å². The molecule has 0 bridgehead atoms. The summed E-state index contributed by atoms with van der Waals surface area (Å²) in [5.74, 6) is -2.98. The summed E-state index contributed by atoms with van der Waals surface area (Å²) in [5.41, 5.74) is 5.89. The summed E-state index contributed by atoms with van der Waals surface area (Å²) >= 11 is 0. The highest BCUT2D eigenvalue weighted by Gasteiger charge is 2.39. The lowest BCUT2D eigenvalue weighted by Gasteiger charge is -2.23. The second-order valence-corrected chi connectivity index (χ2v) is 6.03. The van der Waals surface area contributed by atoms with E-state index in [0.29, 0.717) is 0 Å². The third-order valence-corrected chi connectivity index (χ3v) is 3.97. The van der Waals surface area contributed by atoms with Gasteiger partial charge in [-0.1, -0.05) is 0 Å². The van der Waals surface area contributed by atoms with E-state index in [1.165, 1.54) is 6.20 Å². The van der Waals surface area contributed by atoms with Crippen LogP contribution in [-0.4, -0.2) is 31.6 Å². The number of alkyl halides is 3. The average molecular weight is 387 g/mol. The highest BCUT2D eigenvalue weighted by atomic mass is 19.4. The Morgan fingerprint density at radius 1 is 1.22 bits per heavy atom. The predicted octanol–water partition coefficient (Wildman–Crippen LogP) is 2.31. The Kier molecular flexibility index (Phi) is 4.96. The maximum atomic E-state index is 13.6. The van der Waals surface area contributed by atoms with Gasteiger partial charge in [0.15, 0.2) is 5.82 Å². The summed E-state index contributed by atoms with van der Waals surface area (Å²) in [6.45, 7) is -0.209. The van der Waals surface area contributed by atoms with Crippen LogP contribution in [0.25, 0.3) is 6.20 Å². The number of hydrogen-bond donors (Lipinski definition) is 1. The van der Waals surface area contributed by atoms with Crippen LogP contribution in [0.3, 0.4) is 0 Å². The molecular formula is C16H14F5N5O. The zero-order valence-electron chi connectivity index (χ0n) is 13.7. The number of nitrogens with zero attached hydrogens (tertiary/aromatic N) is 4. The number of amides is 1. The molecule has 1 atom stereocenters. The molecule has 2 heterocycles. The Hall–Kier alpha value is -2.82. The van der Waals surface area contributed by atoms with Gasteiger partial charge < -0.3 is 10.6 Å². The summed E-state index contributed by atoms with van der Waals surface area (Å²) < 4.78 is 66.0. The van der Waals surface area contributed by atoms with Gasteiger partial charge in [-0.15, -0.1) is 10.2 Å². The molecule has 1 aromatic carbocycles. The van der Waals surface area contributed by atoms with Crippen LogP contribution >= 0.6 is 0 Å². The van der Waals surface area contributed by atoms with Crippen LogP contribution < -0.4 is 5.73 Å². The number of carbonyl (C=O) groups excluding carboxylic acids is 1. The molecule has 0 radical (unpaired) electrons. The smallest absolute Gasteiger partial charge is 0.327 e. The van der Waals surface area contributed by atoms with Crippen molar-refractivity contribution in [3.05, 3.63) is 53.2 Å². The van der Waals surface area contributed by atoms with Gasteiger partial charge in [-0.25, -0.2) is 8.78 Å². The highest BCUT2D eigenvalue weighted by Crippen LogP contribution is 2.29. The summed E-state index contributed by atoms with van der Waals surface area (Å²) in [6.07, 6.45) is -2.73. The van der Waals surface area contributed by atoms with E-state index in [0.717, 1.165) is 33.9 Å². The standard InChI is InChI=1S/C16H14F5N5O/c17-10-1-2-12(18)9(5-10)6-11(22)7-14(27)25-3-4-26-13(8-25)23-24-15(26)16(19,20)21/h1-5,11H,6-8,22H2. The third-order valence-electron chi connectivity index (χ3n) is 3.97. The topological polar surface area (TPSA) is 77.0 Å². The second-order valence-electron chi connectivity index (χ2n) is 6.03. The lowest BCUT2D eigenvalue weighted by molar-refractivity contribution is -0.146. The molecule has 2 N–H and O–H groups in total. The van der Waals surface area contributed by atoms with Crippen LogP contribution in [0.15, 0.2) is 24.4 Å². The molecule has 144 valence electrons. The predicted molar refractivity (Wildman–Crippen MR) is 83.6 cm³/mol. The molecule has 0 saturated heterocycles. The molecule has 3 rings (SSSR count). The molecular weight excluding hydrogens is 373 g/mol. The Bertz CT molecular complexity index is 892. The minimum atomic E-state index is -4.67. The van der Waals surface area contributed by atoms with Crippen LogP contribution in [-0.2, 0) is 23.9 Å². The Morgan fingerprint density at radius 2 is 1.96 bits per heavy atom. The van der Waals surface area contributed by atoms with Crippen molar-refractivity contribution in [2.75, 3.05) is 0 Å². The largest absolute Gasteiger partial charge is 0.452 e. The van der Waals surface area contributed by atoms with Gasteiger partial charge in [0.1, 0.15) is 11.6 Å². The van der Waals surface area contributed by atoms with Crippen molar-refractivity contribution in [2.24, 2.45) is 5.73 Å². The lowest BCUT2D eigenvalue weighted by atomic mass is 10.0. The van der Waals surface area contributed by atoms with E-state index in [1.54, 1.807) is 0 Å². The molecule has 1 aromatic heterocycles. The number of benzene rings is 1. The SMILES string of the molecule is NC(CC(=O)N1C=Cn2c(nnc2C(F)(F)F)C1)Cc1cc(F)ccc1F. The van der Waals surface area contributed by atoms with E-state index in [4.69, 9.17) is 5.73 Å². The molecule has 0 saturated carbocycles. The van der Waals surface area contributed by atoms with Crippen molar-refractivity contribution in [1.82, 2.24) is 19.7 Å². The van der Waals surface area contributed by atoms with Crippen LogP contribution in [0.2, 0.25) is 0 Å². The van der Waals surface area contributed by atoms with E-state index in [1.807, 2.05) is 0 Å². The number of aromatic nitrogens is 3.